The summed E-state index contributed by atoms with van der Waals surface area (Å²) in [6.07, 6.45) is 1.57. The summed E-state index contributed by atoms with van der Waals surface area (Å²) >= 11 is 0. The number of ether oxygens (including phenoxy) is 2. The third-order valence-corrected chi connectivity index (χ3v) is 3.03. The number of carbonyl (C=O) groups is 1. The summed E-state index contributed by atoms with van der Waals surface area (Å²) in [4.78, 5) is 15.9. The molecule has 1 aromatic heterocycles. The molecule has 1 amide bonds. The van der Waals surface area contributed by atoms with E-state index in [0.29, 0.717) is 24.7 Å². The molecule has 25 heavy (non-hydrogen) atoms. The van der Waals surface area contributed by atoms with Gasteiger partial charge < -0.3 is 20.1 Å². The van der Waals surface area contributed by atoms with Gasteiger partial charge in [-0.25, -0.2) is 4.98 Å². The highest BCUT2D eigenvalue weighted by Gasteiger charge is 2.03. The predicted octanol–water partition coefficient (Wildman–Crippen LogP) is 3.20. The highest BCUT2D eigenvalue weighted by Crippen LogP contribution is 2.20. The minimum absolute atomic E-state index is 0. The minimum atomic E-state index is -0.130. The molecule has 0 unspecified atom stereocenters. The predicted molar refractivity (Wildman–Crippen MR) is 103 cm³/mol. The molecule has 0 aliphatic rings. The monoisotopic (exact) mass is 387 g/mol. The average molecular weight is 388 g/mol. The number of halogens is 2. The largest absolute Gasteiger partial charge is 0.439 e. The molecule has 0 aliphatic carbocycles. The summed E-state index contributed by atoms with van der Waals surface area (Å²) in [6.45, 7) is 3.44. The minimum Gasteiger partial charge on any atom is -0.439 e. The van der Waals surface area contributed by atoms with Gasteiger partial charge in [-0.1, -0.05) is 17.7 Å². The lowest BCUT2D eigenvalue weighted by Crippen LogP contribution is -2.30. The van der Waals surface area contributed by atoms with Gasteiger partial charge in [0.05, 0.1) is 25.0 Å². The van der Waals surface area contributed by atoms with Crippen LogP contribution in [0.5, 0.6) is 11.6 Å². The van der Waals surface area contributed by atoms with Gasteiger partial charge >= 0.3 is 0 Å². The number of pyridine rings is 1. The van der Waals surface area contributed by atoms with Gasteiger partial charge in [0, 0.05) is 19.7 Å². The van der Waals surface area contributed by atoms with Crippen molar-refractivity contribution in [3.63, 3.8) is 0 Å². The van der Waals surface area contributed by atoms with Crippen LogP contribution in [0.1, 0.15) is 5.56 Å². The number of benzene rings is 1. The van der Waals surface area contributed by atoms with Crippen LogP contribution in [-0.2, 0) is 9.53 Å². The molecule has 0 spiro atoms. The zero-order chi connectivity index (χ0) is 16.5. The Bertz CT molecular complexity index is 622. The number of amides is 1. The van der Waals surface area contributed by atoms with E-state index in [1.807, 2.05) is 31.2 Å². The van der Waals surface area contributed by atoms with Crippen LogP contribution >= 0.6 is 24.8 Å². The highest BCUT2D eigenvalue weighted by molar-refractivity contribution is 5.92. The molecule has 2 rings (SSSR count). The van der Waals surface area contributed by atoms with E-state index in [1.54, 1.807) is 25.4 Å². The summed E-state index contributed by atoms with van der Waals surface area (Å²) in [6, 6.07) is 11.2. The van der Waals surface area contributed by atoms with Gasteiger partial charge in [-0.2, -0.15) is 0 Å². The number of hydrogen-bond acceptors (Lipinski definition) is 5. The Balaban J connectivity index is 0.00000288. The first-order chi connectivity index (χ1) is 11.2. The lowest BCUT2D eigenvalue weighted by molar-refractivity contribution is -0.115. The van der Waals surface area contributed by atoms with Crippen LogP contribution in [0.25, 0.3) is 0 Å². The van der Waals surface area contributed by atoms with Crippen LogP contribution in [-0.4, -0.2) is 37.7 Å². The van der Waals surface area contributed by atoms with Crippen molar-refractivity contribution in [3.05, 3.63) is 48.2 Å². The molecule has 138 valence electrons. The lowest BCUT2D eigenvalue weighted by atomic mass is 10.2. The molecule has 0 aliphatic heterocycles. The second kappa shape index (κ2) is 12.5. The molecule has 2 aromatic rings. The first-order valence-corrected chi connectivity index (χ1v) is 7.37. The molecule has 6 nitrogen and oxygen atoms in total. The summed E-state index contributed by atoms with van der Waals surface area (Å²) < 4.78 is 10.5. The molecule has 0 bridgehead atoms. The van der Waals surface area contributed by atoms with Crippen LogP contribution in [0.3, 0.4) is 0 Å². The zero-order valence-corrected chi connectivity index (χ0v) is 15.8. The number of nitrogens with one attached hydrogen (secondary N) is 2. The third-order valence-electron chi connectivity index (χ3n) is 3.03. The van der Waals surface area contributed by atoms with Crippen LogP contribution in [0.4, 0.5) is 5.69 Å². The van der Waals surface area contributed by atoms with Gasteiger partial charge in [-0.3, -0.25) is 4.79 Å². The van der Waals surface area contributed by atoms with Crippen LogP contribution in [0.2, 0.25) is 0 Å². The van der Waals surface area contributed by atoms with E-state index in [9.17, 15) is 4.79 Å². The Labute approximate surface area is 160 Å². The second-order valence-electron chi connectivity index (χ2n) is 5.02. The van der Waals surface area contributed by atoms with Gasteiger partial charge in [0.25, 0.3) is 0 Å². The fraction of sp³-hybridized carbons (Fsp3) is 0.294. The van der Waals surface area contributed by atoms with Crippen LogP contribution in [0.15, 0.2) is 42.6 Å². The molecule has 1 aromatic carbocycles. The Morgan fingerprint density at radius 1 is 1.12 bits per heavy atom. The Morgan fingerprint density at radius 3 is 2.44 bits per heavy atom. The molecule has 0 saturated carbocycles. The Kier molecular flexibility index (Phi) is 11.6. The number of rotatable bonds is 8. The second-order valence-corrected chi connectivity index (χ2v) is 5.02. The summed E-state index contributed by atoms with van der Waals surface area (Å²) in [5, 5.41) is 5.73. The van der Waals surface area contributed by atoms with Gasteiger partial charge in [-0.05, 0) is 25.1 Å². The normalized spacial score (nSPS) is 9.52. The fourth-order valence-corrected chi connectivity index (χ4v) is 1.82. The molecule has 0 atom stereocenters. The fourth-order valence-electron chi connectivity index (χ4n) is 1.82. The van der Waals surface area contributed by atoms with Gasteiger partial charge in [0.1, 0.15) is 5.75 Å². The molecule has 0 radical (unpaired) electrons. The third kappa shape index (κ3) is 8.69. The van der Waals surface area contributed by atoms with Crippen molar-refractivity contribution in [2.24, 2.45) is 0 Å². The van der Waals surface area contributed by atoms with Crippen LogP contribution < -0.4 is 15.4 Å². The van der Waals surface area contributed by atoms with E-state index in [4.69, 9.17) is 9.47 Å². The van der Waals surface area contributed by atoms with E-state index in [-0.39, 0.29) is 37.3 Å². The number of carbonyl (C=O) groups excluding carboxylic acids is 1. The topological polar surface area (TPSA) is 72.5 Å². The number of methoxy groups -OCH3 is 1. The van der Waals surface area contributed by atoms with Crippen molar-refractivity contribution in [3.8, 4) is 11.6 Å². The molecule has 2 N–H and O–H groups in total. The van der Waals surface area contributed by atoms with Crippen molar-refractivity contribution >= 4 is 36.4 Å². The first-order valence-electron chi connectivity index (χ1n) is 7.37. The van der Waals surface area contributed by atoms with Gasteiger partial charge in [0.2, 0.25) is 11.8 Å². The quantitative estimate of drug-likeness (QED) is 0.680. The maximum atomic E-state index is 11.7. The number of nitrogens with zero attached hydrogens (tertiary/aromatic N) is 1. The number of aromatic nitrogens is 1. The average Bonchev–Trinajstić information content (AvgIpc) is 2.56. The summed E-state index contributed by atoms with van der Waals surface area (Å²) in [7, 11) is 1.62. The molecule has 0 saturated heterocycles. The highest BCUT2D eigenvalue weighted by atomic mass is 35.5. The molecule has 0 fully saturated rings. The molecular formula is C17H23Cl2N3O3. The van der Waals surface area contributed by atoms with Crippen molar-refractivity contribution in [2.45, 2.75) is 6.92 Å². The number of aryl methyl sites for hydroxylation is 1. The van der Waals surface area contributed by atoms with E-state index in [2.05, 4.69) is 15.6 Å². The summed E-state index contributed by atoms with van der Waals surface area (Å²) in [5.41, 5.74) is 1.79. The molecule has 8 heteroatoms. The zero-order valence-electron chi connectivity index (χ0n) is 14.2. The van der Waals surface area contributed by atoms with E-state index < -0.39 is 0 Å². The SMILES string of the molecule is COCCNCC(=O)Nc1ccc(Oc2ccc(C)cc2)nc1.Cl.Cl. The van der Waals surface area contributed by atoms with Crippen molar-refractivity contribution in [2.75, 3.05) is 32.1 Å². The van der Waals surface area contributed by atoms with Gasteiger partial charge in [-0.15, -0.1) is 24.8 Å². The smallest absolute Gasteiger partial charge is 0.238 e. The number of hydrogen-bond donors (Lipinski definition) is 2. The van der Waals surface area contributed by atoms with E-state index in [0.717, 1.165) is 5.75 Å². The van der Waals surface area contributed by atoms with Crippen molar-refractivity contribution < 1.29 is 14.3 Å². The first kappa shape index (κ1) is 23.1. The Hall–Kier alpha value is -1.86. The van der Waals surface area contributed by atoms with Crippen molar-refractivity contribution in [1.82, 2.24) is 10.3 Å². The molecule has 1 heterocycles. The van der Waals surface area contributed by atoms with Crippen molar-refractivity contribution in [1.29, 1.82) is 0 Å². The molecular weight excluding hydrogens is 365 g/mol. The maximum absolute atomic E-state index is 11.7. The Morgan fingerprint density at radius 2 is 1.84 bits per heavy atom. The van der Waals surface area contributed by atoms with Crippen LogP contribution in [0, 0.1) is 6.92 Å². The van der Waals surface area contributed by atoms with Gasteiger partial charge in [0.15, 0.2) is 0 Å². The summed E-state index contributed by atoms with van der Waals surface area (Å²) in [5.74, 6) is 1.07. The standard InChI is InChI=1S/C17H21N3O3.2ClH/c1-13-3-6-15(7-4-13)23-17-8-5-14(11-19-17)20-16(21)12-18-9-10-22-2;;/h3-8,11,18H,9-10,12H2,1-2H3,(H,20,21);2*1H. The lowest BCUT2D eigenvalue weighted by Gasteiger charge is -2.08. The maximum Gasteiger partial charge on any atom is 0.238 e. The van der Waals surface area contributed by atoms with E-state index in [1.165, 1.54) is 5.56 Å². The van der Waals surface area contributed by atoms with E-state index >= 15 is 0 Å². The number of anilines is 1.